The van der Waals surface area contributed by atoms with Gasteiger partial charge in [-0.3, -0.25) is 14.4 Å². The van der Waals surface area contributed by atoms with E-state index in [1.807, 2.05) is 31.2 Å². The number of benzene rings is 2. The quantitative estimate of drug-likeness (QED) is 0.502. The van der Waals surface area contributed by atoms with Crippen LogP contribution in [0, 0.1) is 5.92 Å². The molecule has 34 heavy (non-hydrogen) atoms. The molecular formula is C26H27N3O5. The molecule has 3 aromatic rings. The number of hydrogen-bond donors (Lipinski definition) is 2. The fraction of sp³-hybridized carbons (Fsp3) is 0.269. The maximum Gasteiger partial charge on any atom is 0.253 e. The number of furan rings is 1. The minimum atomic E-state index is -0.525. The summed E-state index contributed by atoms with van der Waals surface area (Å²) in [5, 5.41) is 5.61. The first kappa shape index (κ1) is 23.1. The summed E-state index contributed by atoms with van der Waals surface area (Å²) in [6.07, 6.45) is 2.56. The highest BCUT2D eigenvalue weighted by Gasteiger charge is 2.35. The van der Waals surface area contributed by atoms with E-state index in [9.17, 15) is 14.4 Å². The van der Waals surface area contributed by atoms with Crippen LogP contribution in [0.2, 0.25) is 0 Å². The van der Waals surface area contributed by atoms with Gasteiger partial charge in [0.2, 0.25) is 11.8 Å². The molecule has 0 bridgehead atoms. The zero-order valence-corrected chi connectivity index (χ0v) is 19.0. The van der Waals surface area contributed by atoms with Crippen molar-refractivity contribution in [1.29, 1.82) is 0 Å². The molecule has 0 saturated carbocycles. The van der Waals surface area contributed by atoms with E-state index in [1.165, 1.54) is 6.26 Å². The molecular weight excluding hydrogens is 434 g/mol. The number of rotatable bonds is 9. The van der Waals surface area contributed by atoms with Crippen LogP contribution in [0.1, 0.15) is 35.9 Å². The first-order valence-corrected chi connectivity index (χ1v) is 11.3. The van der Waals surface area contributed by atoms with E-state index in [2.05, 4.69) is 10.6 Å². The maximum absolute atomic E-state index is 13.0. The van der Waals surface area contributed by atoms with Gasteiger partial charge in [0.15, 0.2) is 0 Å². The second-order valence-corrected chi connectivity index (χ2v) is 8.04. The fourth-order valence-corrected chi connectivity index (χ4v) is 3.78. The highest BCUT2D eigenvalue weighted by Crippen LogP contribution is 2.28. The van der Waals surface area contributed by atoms with Crippen LogP contribution in [0.4, 0.5) is 11.4 Å². The Morgan fingerprint density at radius 1 is 1.09 bits per heavy atom. The van der Waals surface area contributed by atoms with Crippen molar-refractivity contribution in [2.24, 2.45) is 5.92 Å². The van der Waals surface area contributed by atoms with E-state index in [-0.39, 0.29) is 37.2 Å². The van der Waals surface area contributed by atoms with Gasteiger partial charge in [0.1, 0.15) is 11.5 Å². The highest BCUT2D eigenvalue weighted by molar-refractivity contribution is 6.07. The summed E-state index contributed by atoms with van der Waals surface area (Å²) in [7, 11) is 0. The van der Waals surface area contributed by atoms with Gasteiger partial charge in [-0.25, -0.2) is 0 Å². The zero-order chi connectivity index (χ0) is 23.9. The maximum atomic E-state index is 13.0. The smallest absolute Gasteiger partial charge is 0.253 e. The monoisotopic (exact) mass is 461 g/mol. The molecule has 1 aromatic heterocycles. The normalized spacial score (nSPS) is 15.3. The van der Waals surface area contributed by atoms with Crippen molar-refractivity contribution in [3.05, 3.63) is 78.3 Å². The molecule has 0 spiro atoms. The SMILES string of the molecule is CCCOc1ccc(N2C[C@H](C(=O)Nc3ccccc3C(=O)NCc3ccco3)CC2=O)cc1. The number of hydrogen-bond acceptors (Lipinski definition) is 5. The van der Waals surface area contributed by atoms with Crippen LogP contribution in [0.5, 0.6) is 5.75 Å². The molecule has 1 fully saturated rings. The van der Waals surface area contributed by atoms with Gasteiger partial charge in [-0.2, -0.15) is 0 Å². The first-order valence-electron chi connectivity index (χ1n) is 11.3. The van der Waals surface area contributed by atoms with Crippen LogP contribution in [0.3, 0.4) is 0 Å². The van der Waals surface area contributed by atoms with Crippen molar-refractivity contribution in [3.8, 4) is 5.75 Å². The van der Waals surface area contributed by atoms with Crippen LogP contribution < -0.4 is 20.3 Å². The third-order valence-electron chi connectivity index (χ3n) is 5.55. The topological polar surface area (TPSA) is 101 Å². The van der Waals surface area contributed by atoms with Gasteiger partial charge in [0, 0.05) is 18.7 Å². The molecule has 2 N–H and O–H groups in total. The van der Waals surface area contributed by atoms with Gasteiger partial charge in [0.25, 0.3) is 5.91 Å². The van der Waals surface area contributed by atoms with Crippen molar-refractivity contribution in [2.75, 3.05) is 23.4 Å². The largest absolute Gasteiger partial charge is 0.494 e. The van der Waals surface area contributed by atoms with Crippen LogP contribution >= 0.6 is 0 Å². The Hall–Kier alpha value is -4.07. The molecule has 0 radical (unpaired) electrons. The Morgan fingerprint density at radius 2 is 1.88 bits per heavy atom. The van der Waals surface area contributed by atoms with Gasteiger partial charge in [-0.1, -0.05) is 19.1 Å². The molecule has 1 saturated heterocycles. The number of amides is 3. The number of nitrogens with zero attached hydrogens (tertiary/aromatic N) is 1. The van der Waals surface area contributed by atoms with E-state index in [1.54, 1.807) is 41.3 Å². The summed E-state index contributed by atoms with van der Waals surface area (Å²) in [5.41, 5.74) is 1.46. The Balaban J connectivity index is 1.38. The van der Waals surface area contributed by atoms with Crippen LogP contribution in [0.15, 0.2) is 71.3 Å². The number of carbonyl (C=O) groups excluding carboxylic acids is 3. The lowest BCUT2D eigenvalue weighted by molar-refractivity contribution is -0.122. The lowest BCUT2D eigenvalue weighted by atomic mass is 10.1. The molecule has 1 aliphatic rings. The second kappa shape index (κ2) is 10.7. The summed E-state index contributed by atoms with van der Waals surface area (Å²) >= 11 is 0. The molecule has 2 aromatic carbocycles. The summed E-state index contributed by atoms with van der Waals surface area (Å²) in [6.45, 7) is 3.18. The predicted octanol–water partition coefficient (Wildman–Crippen LogP) is 3.99. The van der Waals surface area contributed by atoms with E-state index in [0.29, 0.717) is 23.6 Å². The number of para-hydroxylation sites is 1. The molecule has 0 unspecified atom stereocenters. The summed E-state index contributed by atoms with van der Waals surface area (Å²) in [5.74, 6) is 0.0966. The molecule has 8 heteroatoms. The molecule has 1 aliphatic heterocycles. The van der Waals surface area contributed by atoms with Gasteiger partial charge in [-0.05, 0) is 55.0 Å². The predicted molar refractivity (Wildman–Crippen MR) is 128 cm³/mol. The first-order chi connectivity index (χ1) is 16.5. The Labute approximate surface area is 197 Å². The van der Waals surface area contributed by atoms with Crippen LogP contribution in [-0.2, 0) is 16.1 Å². The van der Waals surface area contributed by atoms with E-state index >= 15 is 0 Å². The summed E-state index contributed by atoms with van der Waals surface area (Å²) in [6, 6.07) is 17.6. The van der Waals surface area contributed by atoms with Crippen molar-refractivity contribution < 1.29 is 23.5 Å². The number of anilines is 2. The molecule has 3 amide bonds. The lowest BCUT2D eigenvalue weighted by Crippen LogP contribution is -2.29. The van der Waals surface area contributed by atoms with E-state index in [4.69, 9.17) is 9.15 Å². The van der Waals surface area contributed by atoms with Crippen LogP contribution in [-0.4, -0.2) is 30.9 Å². The third-order valence-corrected chi connectivity index (χ3v) is 5.55. The van der Waals surface area contributed by atoms with E-state index < -0.39 is 5.92 Å². The number of nitrogens with one attached hydrogen (secondary N) is 2. The van der Waals surface area contributed by atoms with Gasteiger partial charge >= 0.3 is 0 Å². The average molecular weight is 462 g/mol. The third kappa shape index (κ3) is 5.46. The Bertz CT molecular complexity index is 1140. The fourth-order valence-electron chi connectivity index (χ4n) is 3.78. The molecule has 176 valence electrons. The highest BCUT2D eigenvalue weighted by atomic mass is 16.5. The lowest BCUT2D eigenvalue weighted by Gasteiger charge is -2.18. The standard InChI is InChI=1S/C26H27N3O5/c1-2-13-33-20-11-9-19(10-12-20)29-17-18(15-24(29)30)25(31)28-23-8-4-3-7-22(23)26(32)27-16-21-6-5-14-34-21/h3-12,14,18H,2,13,15-17H2,1H3,(H,27,32)(H,28,31)/t18-/m1/s1. The van der Waals surface area contributed by atoms with Gasteiger partial charge in [0.05, 0.1) is 36.6 Å². The zero-order valence-electron chi connectivity index (χ0n) is 19.0. The summed E-state index contributed by atoms with van der Waals surface area (Å²) < 4.78 is 10.8. The van der Waals surface area contributed by atoms with Crippen molar-refractivity contribution in [1.82, 2.24) is 5.32 Å². The summed E-state index contributed by atoms with van der Waals surface area (Å²) in [4.78, 5) is 39.9. The number of carbonyl (C=O) groups is 3. The van der Waals surface area contributed by atoms with Crippen molar-refractivity contribution in [2.45, 2.75) is 26.3 Å². The minimum Gasteiger partial charge on any atom is -0.494 e. The van der Waals surface area contributed by atoms with Crippen molar-refractivity contribution in [3.63, 3.8) is 0 Å². The van der Waals surface area contributed by atoms with Gasteiger partial charge in [-0.15, -0.1) is 0 Å². The van der Waals surface area contributed by atoms with Crippen molar-refractivity contribution >= 4 is 29.1 Å². The molecule has 8 nitrogen and oxygen atoms in total. The Morgan fingerprint density at radius 3 is 2.62 bits per heavy atom. The average Bonchev–Trinajstić information content (AvgIpc) is 3.52. The number of ether oxygens (including phenoxy) is 1. The van der Waals surface area contributed by atoms with Gasteiger partial charge < -0.3 is 24.7 Å². The minimum absolute atomic E-state index is 0.104. The van der Waals surface area contributed by atoms with E-state index in [0.717, 1.165) is 17.9 Å². The molecule has 4 rings (SSSR count). The Kier molecular flexibility index (Phi) is 7.27. The van der Waals surface area contributed by atoms with Crippen LogP contribution in [0.25, 0.3) is 0 Å². The molecule has 0 aliphatic carbocycles. The molecule has 2 heterocycles. The second-order valence-electron chi connectivity index (χ2n) is 8.04. The molecule has 1 atom stereocenters.